The molecule has 6 nitrogen and oxygen atoms in total. The molecule has 1 atom stereocenters. The van der Waals surface area contributed by atoms with Gasteiger partial charge in [0.1, 0.15) is 0 Å². The Bertz CT molecular complexity index is 775. The van der Waals surface area contributed by atoms with E-state index in [0.29, 0.717) is 30.1 Å². The number of hydrogen-bond acceptors (Lipinski definition) is 4. The molecule has 0 bridgehead atoms. The predicted molar refractivity (Wildman–Crippen MR) is 90.5 cm³/mol. The average Bonchev–Trinajstić information content (AvgIpc) is 3.00. The standard InChI is InChI=1S/C19H20N2O4/c22-19(14-6-9-20(23)10-7-14)21-8-1-3-16(21)15-4-5-17-18(13-15)25-12-2-11-24-17/h4-7,9-10,13,16H,1-3,8,11-12H2/t16-/m0/s1. The summed E-state index contributed by atoms with van der Waals surface area (Å²) in [5.41, 5.74) is 1.60. The van der Waals surface area contributed by atoms with Crippen LogP contribution in [-0.4, -0.2) is 30.6 Å². The molecule has 4 rings (SSSR count). The van der Waals surface area contributed by atoms with Gasteiger partial charge in [-0.1, -0.05) is 6.07 Å². The van der Waals surface area contributed by atoms with Gasteiger partial charge in [0.15, 0.2) is 23.9 Å². The Kier molecular flexibility index (Phi) is 4.17. The molecular weight excluding hydrogens is 320 g/mol. The molecule has 2 aromatic rings. The monoisotopic (exact) mass is 340 g/mol. The molecule has 0 spiro atoms. The molecule has 130 valence electrons. The van der Waals surface area contributed by atoms with Crippen LogP contribution in [0.5, 0.6) is 11.5 Å². The average molecular weight is 340 g/mol. The van der Waals surface area contributed by atoms with Crippen molar-refractivity contribution in [1.82, 2.24) is 4.90 Å². The zero-order valence-electron chi connectivity index (χ0n) is 13.9. The fraction of sp³-hybridized carbons (Fsp3) is 0.368. The number of carbonyl (C=O) groups is 1. The van der Waals surface area contributed by atoms with Gasteiger partial charge in [-0.3, -0.25) is 4.79 Å². The molecule has 1 aromatic heterocycles. The highest BCUT2D eigenvalue weighted by atomic mass is 16.5. The molecule has 0 saturated carbocycles. The molecule has 1 amide bonds. The summed E-state index contributed by atoms with van der Waals surface area (Å²) in [6, 6.07) is 9.09. The lowest BCUT2D eigenvalue weighted by molar-refractivity contribution is -0.605. The van der Waals surface area contributed by atoms with Gasteiger partial charge in [-0.2, -0.15) is 4.73 Å². The number of aromatic nitrogens is 1. The van der Waals surface area contributed by atoms with Gasteiger partial charge in [-0.25, -0.2) is 0 Å². The topological polar surface area (TPSA) is 65.7 Å². The maximum Gasteiger partial charge on any atom is 0.254 e. The summed E-state index contributed by atoms with van der Waals surface area (Å²) in [5.74, 6) is 1.47. The number of pyridine rings is 1. The number of likely N-dealkylation sites (tertiary alicyclic amines) is 1. The van der Waals surface area contributed by atoms with Crippen molar-refractivity contribution in [3.8, 4) is 11.5 Å². The van der Waals surface area contributed by atoms with E-state index < -0.39 is 0 Å². The van der Waals surface area contributed by atoms with Crippen LogP contribution in [0.2, 0.25) is 0 Å². The first-order chi connectivity index (χ1) is 12.2. The summed E-state index contributed by atoms with van der Waals surface area (Å²) >= 11 is 0. The maximum absolute atomic E-state index is 12.8. The first kappa shape index (κ1) is 15.7. The van der Waals surface area contributed by atoms with Gasteiger partial charge >= 0.3 is 0 Å². The van der Waals surface area contributed by atoms with Crippen LogP contribution in [0.1, 0.15) is 41.2 Å². The minimum Gasteiger partial charge on any atom is -0.619 e. The van der Waals surface area contributed by atoms with Gasteiger partial charge in [0.05, 0.1) is 24.8 Å². The normalized spacial score (nSPS) is 19.5. The molecule has 0 N–H and O–H groups in total. The number of rotatable bonds is 2. The molecule has 25 heavy (non-hydrogen) atoms. The van der Waals surface area contributed by atoms with Crippen molar-refractivity contribution in [2.45, 2.75) is 25.3 Å². The minimum absolute atomic E-state index is 0.0178. The van der Waals surface area contributed by atoms with Gasteiger partial charge < -0.3 is 19.6 Å². The van der Waals surface area contributed by atoms with Gasteiger partial charge in [0.2, 0.25) is 0 Å². The van der Waals surface area contributed by atoms with Crippen molar-refractivity contribution in [3.05, 3.63) is 59.1 Å². The van der Waals surface area contributed by atoms with Crippen molar-refractivity contribution < 1.29 is 19.0 Å². The van der Waals surface area contributed by atoms with Gasteiger partial charge in [-0.05, 0) is 30.5 Å². The molecule has 1 saturated heterocycles. The second-order valence-electron chi connectivity index (χ2n) is 6.36. The lowest BCUT2D eigenvalue weighted by Crippen LogP contribution is -2.32. The van der Waals surface area contributed by atoms with Crippen molar-refractivity contribution in [3.63, 3.8) is 0 Å². The molecule has 0 radical (unpaired) electrons. The zero-order chi connectivity index (χ0) is 17.2. The Balaban J connectivity index is 1.60. The Morgan fingerprint density at radius 2 is 1.84 bits per heavy atom. The van der Waals surface area contributed by atoms with Crippen LogP contribution < -0.4 is 14.2 Å². The number of ether oxygens (including phenoxy) is 2. The third kappa shape index (κ3) is 3.12. The van der Waals surface area contributed by atoms with Crippen LogP contribution in [0.15, 0.2) is 42.7 Å². The van der Waals surface area contributed by atoms with Crippen molar-refractivity contribution in [2.24, 2.45) is 0 Å². The Morgan fingerprint density at radius 1 is 1.08 bits per heavy atom. The third-order valence-electron chi connectivity index (χ3n) is 4.72. The molecule has 0 unspecified atom stereocenters. The SMILES string of the molecule is O=C(c1cc[n+]([O-])cc1)N1CCC[C@H]1c1ccc2c(c1)OCCCO2. The van der Waals surface area contributed by atoms with Gasteiger partial charge in [0.25, 0.3) is 5.91 Å². The smallest absolute Gasteiger partial charge is 0.254 e. The first-order valence-corrected chi connectivity index (χ1v) is 8.62. The van der Waals surface area contributed by atoms with Crippen LogP contribution >= 0.6 is 0 Å². The van der Waals surface area contributed by atoms with E-state index >= 15 is 0 Å². The number of amides is 1. The van der Waals surface area contributed by atoms with E-state index in [-0.39, 0.29) is 11.9 Å². The summed E-state index contributed by atoms with van der Waals surface area (Å²) in [6.45, 7) is 2.02. The quantitative estimate of drug-likeness (QED) is 0.622. The number of nitrogens with zero attached hydrogens (tertiary/aromatic N) is 2. The third-order valence-corrected chi connectivity index (χ3v) is 4.72. The fourth-order valence-corrected chi connectivity index (χ4v) is 3.46. The van der Waals surface area contributed by atoms with E-state index in [1.165, 1.54) is 12.4 Å². The summed E-state index contributed by atoms with van der Waals surface area (Å²) in [5, 5.41) is 11.2. The molecule has 2 aliphatic heterocycles. The van der Waals surface area contributed by atoms with Crippen molar-refractivity contribution in [1.29, 1.82) is 0 Å². The molecule has 3 heterocycles. The molecule has 0 aliphatic carbocycles. The molecule has 2 aliphatic rings. The highest BCUT2D eigenvalue weighted by molar-refractivity contribution is 5.94. The maximum atomic E-state index is 12.8. The van der Waals surface area contributed by atoms with Crippen molar-refractivity contribution in [2.75, 3.05) is 19.8 Å². The number of carbonyl (C=O) groups excluding carboxylic acids is 1. The first-order valence-electron chi connectivity index (χ1n) is 8.62. The number of fused-ring (bicyclic) bond motifs is 1. The second kappa shape index (κ2) is 6.63. The highest BCUT2D eigenvalue weighted by Crippen LogP contribution is 2.38. The van der Waals surface area contributed by atoms with Crippen LogP contribution in [0.3, 0.4) is 0 Å². The van der Waals surface area contributed by atoms with Crippen LogP contribution in [0.25, 0.3) is 0 Å². The lowest BCUT2D eigenvalue weighted by atomic mass is 10.0. The van der Waals surface area contributed by atoms with Crippen molar-refractivity contribution >= 4 is 5.91 Å². The van der Waals surface area contributed by atoms with Gasteiger partial charge in [0, 0.05) is 25.1 Å². The van der Waals surface area contributed by atoms with E-state index in [1.807, 2.05) is 23.1 Å². The van der Waals surface area contributed by atoms with E-state index in [4.69, 9.17) is 9.47 Å². The summed E-state index contributed by atoms with van der Waals surface area (Å²) in [6.07, 6.45) is 5.45. The van der Waals surface area contributed by atoms with E-state index in [1.54, 1.807) is 12.1 Å². The zero-order valence-corrected chi connectivity index (χ0v) is 13.9. The molecule has 1 aromatic carbocycles. The summed E-state index contributed by atoms with van der Waals surface area (Å²) in [4.78, 5) is 14.7. The Hall–Kier alpha value is -2.76. The second-order valence-corrected chi connectivity index (χ2v) is 6.36. The highest BCUT2D eigenvalue weighted by Gasteiger charge is 2.31. The van der Waals surface area contributed by atoms with E-state index in [9.17, 15) is 10.0 Å². The largest absolute Gasteiger partial charge is 0.619 e. The number of hydrogen-bond donors (Lipinski definition) is 0. The molecular formula is C19H20N2O4. The predicted octanol–water partition coefficient (Wildman–Crippen LogP) is 2.46. The minimum atomic E-state index is -0.0461. The Morgan fingerprint density at radius 3 is 2.64 bits per heavy atom. The van der Waals surface area contributed by atoms with Crippen LogP contribution in [0, 0.1) is 5.21 Å². The summed E-state index contributed by atoms with van der Waals surface area (Å²) < 4.78 is 12.1. The summed E-state index contributed by atoms with van der Waals surface area (Å²) in [7, 11) is 0. The Labute approximate surface area is 146 Å². The fourth-order valence-electron chi connectivity index (χ4n) is 3.46. The molecule has 6 heteroatoms. The molecule has 1 fully saturated rings. The number of benzene rings is 1. The van der Waals surface area contributed by atoms with E-state index in [0.717, 1.165) is 36.3 Å². The lowest BCUT2D eigenvalue weighted by Gasteiger charge is -2.25. The van der Waals surface area contributed by atoms with Gasteiger partial charge in [-0.15, -0.1) is 0 Å². The van der Waals surface area contributed by atoms with Crippen LogP contribution in [0.4, 0.5) is 0 Å². The van der Waals surface area contributed by atoms with E-state index in [2.05, 4.69) is 0 Å². The van der Waals surface area contributed by atoms with Crippen LogP contribution in [-0.2, 0) is 0 Å².